The fourth-order valence-electron chi connectivity index (χ4n) is 2.75. The topological polar surface area (TPSA) is 29.1 Å². The molecule has 0 unspecified atom stereocenters. The molecule has 1 N–H and O–H groups in total. The van der Waals surface area contributed by atoms with Crippen molar-refractivity contribution < 1.29 is 4.79 Å². The monoisotopic (exact) mass is 309 g/mol. The van der Waals surface area contributed by atoms with E-state index < -0.39 is 0 Å². The van der Waals surface area contributed by atoms with Crippen molar-refractivity contribution >= 4 is 21.8 Å². The van der Waals surface area contributed by atoms with Gasteiger partial charge in [-0.25, -0.2) is 0 Å². The Morgan fingerprint density at radius 2 is 1.67 bits per heavy atom. The van der Waals surface area contributed by atoms with Crippen molar-refractivity contribution in [2.45, 2.75) is 34.2 Å². The third-order valence-corrected chi connectivity index (χ3v) is 5.19. The van der Waals surface area contributed by atoms with Gasteiger partial charge in [-0.15, -0.1) is 0 Å². The van der Waals surface area contributed by atoms with E-state index in [0.717, 1.165) is 10.0 Å². The third kappa shape index (κ3) is 2.20. The molecule has 0 aliphatic heterocycles. The van der Waals surface area contributed by atoms with Crippen molar-refractivity contribution in [1.82, 2.24) is 5.32 Å². The maximum absolute atomic E-state index is 12.2. The predicted molar refractivity (Wildman–Crippen MR) is 77.0 cm³/mol. The maximum atomic E-state index is 12.2. The zero-order chi connectivity index (χ0) is 13.6. The van der Waals surface area contributed by atoms with Gasteiger partial charge in [0, 0.05) is 16.9 Å². The molecule has 1 aromatic rings. The normalized spacial score (nSPS) is 20.5. The predicted octanol–water partition coefficient (Wildman–Crippen LogP) is 3.75. The number of halogens is 1. The highest BCUT2D eigenvalue weighted by molar-refractivity contribution is 9.10. The summed E-state index contributed by atoms with van der Waals surface area (Å²) in [7, 11) is 0. The highest BCUT2D eigenvalue weighted by atomic mass is 79.9. The molecule has 1 aliphatic carbocycles. The Morgan fingerprint density at radius 1 is 1.17 bits per heavy atom. The van der Waals surface area contributed by atoms with Gasteiger partial charge in [-0.05, 0) is 28.5 Å². The van der Waals surface area contributed by atoms with Crippen molar-refractivity contribution in [1.29, 1.82) is 0 Å². The van der Waals surface area contributed by atoms with E-state index >= 15 is 0 Å². The Morgan fingerprint density at radius 3 is 2.11 bits per heavy atom. The Balaban J connectivity index is 1.92. The Kier molecular flexibility index (Phi) is 3.30. The summed E-state index contributed by atoms with van der Waals surface area (Å²) < 4.78 is 1.06. The molecule has 1 saturated carbocycles. The second-order valence-corrected chi connectivity index (χ2v) is 7.14. The van der Waals surface area contributed by atoms with Gasteiger partial charge >= 0.3 is 0 Å². The largest absolute Gasteiger partial charge is 0.352 e. The molecule has 0 spiro atoms. The minimum absolute atomic E-state index is 0.108. The number of carbonyl (C=O) groups excluding carboxylic acids is 1. The van der Waals surface area contributed by atoms with E-state index in [-0.39, 0.29) is 22.7 Å². The standard InChI is InChI=1S/C15H20BrNO/c1-14(2)12(15(14,3)4)13(18)17-9-10-5-7-11(16)8-6-10/h5-8,12H,9H2,1-4H3,(H,17,18). The fraction of sp³-hybridized carbons (Fsp3) is 0.533. The number of hydrogen-bond acceptors (Lipinski definition) is 1. The number of nitrogens with one attached hydrogen (secondary N) is 1. The first kappa shape index (κ1) is 13.6. The number of amides is 1. The van der Waals surface area contributed by atoms with Crippen LogP contribution in [0.4, 0.5) is 0 Å². The highest BCUT2D eigenvalue weighted by Gasteiger charge is 2.68. The van der Waals surface area contributed by atoms with E-state index in [1.165, 1.54) is 0 Å². The number of benzene rings is 1. The molecule has 0 radical (unpaired) electrons. The van der Waals surface area contributed by atoms with E-state index in [4.69, 9.17) is 0 Å². The molecule has 1 aromatic carbocycles. The zero-order valence-electron chi connectivity index (χ0n) is 11.4. The van der Waals surface area contributed by atoms with Gasteiger partial charge in [-0.3, -0.25) is 4.79 Å². The van der Waals surface area contributed by atoms with Gasteiger partial charge in [0.15, 0.2) is 0 Å². The highest BCUT2D eigenvalue weighted by Crippen LogP contribution is 2.68. The summed E-state index contributed by atoms with van der Waals surface area (Å²) in [6, 6.07) is 8.03. The first-order chi connectivity index (χ1) is 8.26. The van der Waals surface area contributed by atoms with Gasteiger partial charge < -0.3 is 5.32 Å². The molecule has 98 valence electrons. The summed E-state index contributed by atoms with van der Waals surface area (Å²) in [5.41, 5.74) is 1.34. The van der Waals surface area contributed by atoms with E-state index in [0.29, 0.717) is 6.54 Å². The molecule has 1 aliphatic rings. The van der Waals surface area contributed by atoms with Crippen LogP contribution in [0.5, 0.6) is 0 Å². The van der Waals surface area contributed by atoms with Crippen LogP contribution in [0.15, 0.2) is 28.7 Å². The third-order valence-electron chi connectivity index (χ3n) is 4.66. The minimum Gasteiger partial charge on any atom is -0.352 e. The van der Waals surface area contributed by atoms with Crippen LogP contribution < -0.4 is 5.32 Å². The lowest BCUT2D eigenvalue weighted by molar-refractivity contribution is -0.123. The second-order valence-electron chi connectivity index (χ2n) is 6.22. The van der Waals surface area contributed by atoms with Crippen LogP contribution in [0.25, 0.3) is 0 Å². The average Bonchev–Trinajstić information content (AvgIpc) is 2.68. The summed E-state index contributed by atoms with van der Waals surface area (Å²) in [6.07, 6.45) is 0. The van der Waals surface area contributed by atoms with Gasteiger partial charge in [0.25, 0.3) is 0 Å². The molecular formula is C15H20BrNO. The fourth-order valence-corrected chi connectivity index (χ4v) is 3.01. The van der Waals surface area contributed by atoms with Crippen LogP contribution in [0, 0.1) is 16.7 Å². The van der Waals surface area contributed by atoms with Gasteiger partial charge in [-0.1, -0.05) is 55.8 Å². The maximum Gasteiger partial charge on any atom is 0.224 e. The van der Waals surface area contributed by atoms with Crippen LogP contribution in [-0.4, -0.2) is 5.91 Å². The molecule has 0 aromatic heterocycles. The Hall–Kier alpha value is -0.830. The van der Waals surface area contributed by atoms with Crippen LogP contribution in [0.1, 0.15) is 33.3 Å². The molecule has 18 heavy (non-hydrogen) atoms. The van der Waals surface area contributed by atoms with Crippen molar-refractivity contribution in [3.63, 3.8) is 0 Å². The first-order valence-corrected chi connectivity index (χ1v) is 7.08. The summed E-state index contributed by atoms with van der Waals surface area (Å²) in [6.45, 7) is 9.26. The molecule has 2 rings (SSSR count). The quantitative estimate of drug-likeness (QED) is 0.905. The summed E-state index contributed by atoms with van der Waals surface area (Å²) in [5.74, 6) is 0.299. The molecule has 0 saturated heterocycles. The van der Waals surface area contributed by atoms with Crippen LogP contribution >= 0.6 is 15.9 Å². The zero-order valence-corrected chi connectivity index (χ0v) is 13.0. The first-order valence-electron chi connectivity index (χ1n) is 6.29. The van der Waals surface area contributed by atoms with E-state index in [9.17, 15) is 4.79 Å². The molecule has 3 heteroatoms. The molecule has 0 atom stereocenters. The van der Waals surface area contributed by atoms with Crippen molar-refractivity contribution in [2.24, 2.45) is 16.7 Å². The van der Waals surface area contributed by atoms with Crippen LogP contribution in [0.3, 0.4) is 0 Å². The van der Waals surface area contributed by atoms with Crippen LogP contribution in [-0.2, 0) is 11.3 Å². The second kappa shape index (κ2) is 4.37. The minimum atomic E-state index is 0.108. The summed E-state index contributed by atoms with van der Waals surface area (Å²) >= 11 is 3.40. The van der Waals surface area contributed by atoms with Crippen molar-refractivity contribution in [2.75, 3.05) is 0 Å². The summed E-state index contributed by atoms with van der Waals surface area (Å²) in [5, 5.41) is 3.04. The molecule has 2 nitrogen and oxygen atoms in total. The molecule has 1 fully saturated rings. The number of hydrogen-bond donors (Lipinski definition) is 1. The van der Waals surface area contributed by atoms with Gasteiger partial charge in [0.05, 0.1) is 0 Å². The van der Waals surface area contributed by atoms with E-state index in [1.807, 2.05) is 24.3 Å². The molecule has 0 bridgehead atoms. The lowest BCUT2D eigenvalue weighted by Gasteiger charge is -2.06. The van der Waals surface area contributed by atoms with Gasteiger partial charge in [0.1, 0.15) is 0 Å². The van der Waals surface area contributed by atoms with Gasteiger partial charge in [-0.2, -0.15) is 0 Å². The smallest absolute Gasteiger partial charge is 0.224 e. The average molecular weight is 310 g/mol. The lowest BCUT2D eigenvalue weighted by atomic mass is 10.0. The van der Waals surface area contributed by atoms with Crippen LogP contribution in [0.2, 0.25) is 0 Å². The summed E-state index contributed by atoms with van der Waals surface area (Å²) in [4.78, 5) is 12.2. The number of rotatable bonds is 3. The van der Waals surface area contributed by atoms with Gasteiger partial charge in [0.2, 0.25) is 5.91 Å². The van der Waals surface area contributed by atoms with E-state index in [1.54, 1.807) is 0 Å². The Bertz CT molecular complexity index is 448. The molecule has 0 heterocycles. The SMILES string of the molecule is CC1(C)C(C(=O)NCc2ccc(Br)cc2)C1(C)C. The van der Waals surface area contributed by atoms with Crippen molar-refractivity contribution in [3.8, 4) is 0 Å². The van der Waals surface area contributed by atoms with Crippen molar-refractivity contribution in [3.05, 3.63) is 34.3 Å². The van der Waals surface area contributed by atoms with E-state index in [2.05, 4.69) is 48.9 Å². The molecule has 1 amide bonds. The lowest BCUT2D eigenvalue weighted by Crippen LogP contribution is -2.26. The number of carbonyl (C=O) groups is 1. The Labute approximate surface area is 117 Å². The molecular weight excluding hydrogens is 290 g/mol.